The van der Waals surface area contributed by atoms with Gasteiger partial charge in [0.15, 0.2) is 6.61 Å². The largest absolute Gasteiger partial charge is 0.477 e. The fourth-order valence-corrected chi connectivity index (χ4v) is 1.84. The van der Waals surface area contributed by atoms with E-state index in [1.165, 1.54) is 0 Å². The van der Waals surface area contributed by atoms with Gasteiger partial charge in [-0.3, -0.25) is 9.59 Å². The van der Waals surface area contributed by atoms with Crippen LogP contribution in [0.3, 0.4) is 0 Å². The highest BCUT2D eigenvalue weighted by Gasteiger charge is 2.35. The third kappa shape index (κ3) is 2.08. The first-order valence-corrected chi connectivity index (χ1v) is 5.73. The molecule has 0 spiro atoms. The number of carbonyl (C=O) groups excluding carboxylic acids is 2. The van der Waals surface area contributed by atoms with Gasteiger partial charge in [0.25, 0.3) is 11.8 Å². The highest BCUT2D eigenvalue weighted by molar-refractivity contribution is 6.32. The molecule has 5 nitrogen and oxygen atoms in total. The minimum atomic E-state index is -0.351. The lowest BCUT2D eigenvalue weighted by atomic mass is 10.2. The Kier molecular flexibility index (Phi) is 3.34. The zero-order valence-electron chi connectivity index (χ0n) is 10.6. The molecule has 1 aromatic carbocycles. The molecule has 0 fully saturated rings. The van der Waals surface area contributed by atoms with E-state index in [0.29, 0.717) is 22.6 Å². The zero-order chi connectivity index (χ0) is 14.0. The van der Waals surface area contributed by atoms with Crippen LogP contribution in [0.15, 0.2) is 35.4 Å². The molecule has 0 radical (unpaired) electrons. The molecule has 0 saturated heterocycles. The molecular formula is C14H12N2O3. The number of carbonyl (C=O) groups is 2. The Hall–Kier alpha value is -2.61. The van der Waals surface area contributed by atoms with Crippen molar-refractivity contribution in [2.75, 3.05) is 11.5 Å². The van der Waals surface area contributed by atoms with Gasteiger partial charge in [-0.25, -0.2) is 4.90 Å². The number of hydrogen-bond acceptors (Lipinski definition) is 4. The monoisotopic (exact) mass is 256 g/mol. The molecule has 0 aromatic heterocycles. The van der Waals surface area contributed by atoms with Crippen molar-refractivity contribution >= 4 is 17.5 Å². The molecule has 0 saturated carbocycles. The van der Waals surface area contributed by atoms with Crippen molar-refractivity contribution in [2.24, 2.45) is 0 Å². The first kappa shape index (κ1) is 12.8. The van der Waals surface area contributed by atoms with E-state index in [0.717, 1.165) is 4.90 Å². The third-order valence-electron chi connectivity index (χ3n) is 3.01. The number of hydrogen-bond donors (Lipinski definition) is 0. The van der Waals surface area contributed by atoms with E-state index in [9.17, 15) is 9.59 Å². The van der Waals surface area contributed by atoms with Gasteiger partial charge in [-0.2, -0.15) is 5.26 Å². The number of rotatable bonds is 3. The minimum Gasteiger partial charge on any atom is -0.477 e. The van der Waals surface area contributed by atoms with Crippen LogP contribution in [0.4, 0.5) is 5.69 Å². The van der Waals surface area contributed by atoms with Crippen LogP contribution in [0.25, 0.3) is 0 Å². The molecule has 96 valence electrons. The van der Waals surface area contributed by atoms with Gasteiger partial charge in [-0.05, 0) is 26.0 Å². The van der Waals surface area contributed by atoms with E-state index in [-0.39, 0.29) is 18.4 Å². The lowest BCUT2D eigenvalue weighted by Crippen LogP contribution is -2.31. The maximum atomic E-state index is 12.1. The quantitative estimate of drug-likeness (QED) is 0.773. The molecular weight excluding hydrogens is 244 g/mol. The first-order valence-electron chi connectivity index (χ1n) is 5.73. The Balaban J connectivity index is 2.42. The van der Waals surface area contributed by atoms with E-state index in [1.807, 2.05) is 6.07 Å². The molecule has 0 atom stereocenters. The van der Waals surface area contributed by atoms with Gasteiger partial charge in [0.1, 0.15) is 11.8 Å². The number of nitrogens with zero attached hydrogens (tertiary/aromatic N) is 2. The number of amides is 2. The summed E-state index contributed by atoms with van der Waals surface area (Å²) in [6.07, 6.45) is 0. The standard InChI is InChI=1S/C14H12N2O3/c1-9-10(2)14(18)16(13(9)17)11-5-3-4-6-12(11)19-8-7-15/h3-6H,8H2,1-2H3. The summed E-state index contributed by atoms with van der Waals surface area (Å²) in [5.74, 6) is -0.362. The highest BCUT2D eigenvalue weighted by atomic mass is 16.5. The first-order chi connectivity index (χ1) is 9.07. The van der Waals surface area contributed by atoms with Crippen molar-refractivity contribution in [3.8, 4) is 11.8 Å². The average Bonchev–Trinajstić information content (AvgIpc) is 2.61. The molecule has 5 heteroatoms. The summed E-state index contributed by atoms with van der Waals surface area (Å²) < 4.78 is 5.24. The second-order valence-electron chi connectivity index (χ2n) is 4.11. The van der Waals surface area contributed by atoms with Crippen molar-refractivity contribution in [2.45, 2.75) is 13.8 Å². The number of anilines is 1. The van der Waals surface area contributed by atoms with E-state index in [1.54, 1.807) is 38.1 Å². The van der Waals surface area contributed by atoms with E-state index < -0.39 is 0 Å². The van der Waals surface area contributed by atoms with Crippen LogP contribution in [0.1, 0.15) is 13.8 Å². The molecule has 0 unspecified atom stereocenters. The number of benzene rings is 1. The van der Waals surface area contributed by atoms with Gasteiger partial charge in [0.2, 0.25) is 0 Å². The Morgan fingerprint density at radius 3 is 2.32 bits per heavy atom. The molecule has 0 N–H and O–H groups in total. The number of nitriles is 1. The average molecular weight is 256 g/mol. The van der Waals surface area contributed by atoms with Crippen LogP contribution in [0.2, 0.25) is 0 Å². The molecule has 0 aliphatic carbocycles. The Labute approximate surface area is 110 Å². The summed E-state index contributed by atoms with van der Waals surface area (Å²) in [7, 11) is 0. The molecule has 2 rings (SSSR count). The third-order valence-corrected chi connectivity index (χ3v) is 3.01. The van der Waals surface area contributed by atoms with Gasteiger partial charge >= 0.3 is 0 Å². The van der Waals surface area contributed by atoms with Crippen LogP contribution in [-0.4, -0.2) is 18.4 Å². The second-order valence-corrected chi connectivity index (χ2v) is 4.11. The fourth-order valence-electron chi connectivity index (χ4n) is 1.84. The SMILES string of the molecule is CC1=C(C)C(=O)N(c2ccccc2OCC#N)C1=O. The summed E-state index contributed by atoms with van der Waals surface area (Å²) in [6.45, 7) is 3.10. The molecule has 0 bridgehead atoms. The maximum absolute atomic E-state index is 12.1. The number of ether oxygens (including phenoxy) is 1. The minimum absolute atomic E-state index is 0.140. The van der Waals surface area contributed by atoms with Crippen LogP contribution < -0.4 is 9.64 Å². The molecule has 1 heterocycles. The lowest BCUT2D eigenvalue weighted by Gasteiger charge is -2.18. The van der Waals surface area contributed by atoms with Crippen molar-refractivity contribution in [1.29, 1.82) is 5.26 Å². The molecule has 19 heavy (non-hydrogen) atoms. The Morgan fingerprint density at radius 1 is 1.16 bits per heavy atom. The molecule has 1 aliphatic rings. The molecule has 2 amide bonds. The topological polar surface area (TPSA) is 70.4 Å². The Bertz CT molecular complexity index is 602. The summed E-state index contributed by atoms with van der Waals surface area (Å²) in [5.41, 5.74) is 1.23. The smallest absolute Gasteiger partial charge is 0.261 e. The number of para-hydroxylation sites is 2. The van der Waals surface area contributed by atoms with E-state index in [2.05, 4.69) is 0 Å². The van der Waals surface area contributed by atoms with Crippen molar-refractivity contribution < 1.29 is 14.3 Å². The van der Waals surface area contributed by atoms with Crippen LogP contribution >= 0.6 is 0 Å². The van der Waals surface area contributed by atoms with Gasteiger partial charge in [0.05, 0.1) is 5.69 Å². The van der Waals surface area contributed by atoms with Crippen molar-refractivity contribution in [1.82, 2.24) is 0 Å². The zero-order valence-corrected chi connectivity index (χ0v) is 10.6. The van der Waals surface area contributed by atoms with Crippen LogP contribution in [0.5, 0.6) is 5.75 Å². The van der Waals surface area contributed by atoms with E-state index in [4.69, 9.17) is 10.00 Å². The predicted octanol–water partition coefficient (Wildman–Crippen LogP) is 1.80. The summed E-state index contributed by atoms with van der Waals surface area (Å²) >= 11 is 0. The molecule has 1 aromatic rings. The highest BCUT2D eigenvalue weighted by Crippen LogP contribution is 2.33. The van der Waals surface area contributed by atoms with Crippen LogP contribution in [0, 0.1) is 11.3 Å². The summed E-state index contributed by atoms with van der Waals surface area (Å²) in [4.78, 5) is 25.2. The van der Waals surface area contributed by atoms with Gasteiger partial charge in [-0.15, -0.1) is 0 Å². The maximum Gasteiger partial charge on any atom is 0.261 e. The number of imide groups is 1. The normalized spacial score (nSPS) is 14.9. The van der Waals surface area contributed by atoms with Crippen LogP contribution in [-0.2, 0) is 9.59 Å². The van der Waals surface area contributed by atoms with Gasteiger partial charge in [-0.1, -0.05) is 12.1 Å². The van der Waals surface area contributed by atoms with Gasteiger partial charge < -0.3 is 4.74 Å². The fraction of sp³-hybridized carbons (Fsp3) is 0.214. The van der Waals surface area contributed by atoms with Crippen molar-refractivity contribution in [3.05, 3.63) is 35.4 Å². The second kappa shape index (κ2) is 4.94. The Morgan fingerprint density at radius 2 is 1.74 bits per heavy atom. The van der Waals surface area contributed by atoms with Gasteiger partial charge in [0, 0.05) is 11.1 Å². The molecule has 1 aliphatic heterocycles. The van der Waals surface area contributed by atoms with E-state index >= 15 is 0 Å². The summed E-state index contributed by atoms with van der Waals surface area (Å²) in [6, 6.07) is 8.52. The summed E-state index contributed by atoms with van der Waals surface area (Å²) in [5, 5.41) is 8.54. The predicted molar refractivity (Wildman–Crippen MR) is 68.4 cm³/mol. The van der Waals surface area contributed by atoms with Crippen molar-refractivity contribution in [3.63, 3.8) is 0 Å². The lowest BCUT2D eigenvalue weighted by molar-refractivity contribution is -0.120.